The summed E-state index contributed by atoms with van der Waals surface area (Å²) in [5.41, 5.74) is 2.00. The van der Waals surface area contributed by atoms with Gasteiger partial charge >= 0.3 is 0 Å². The zero-order chi connectivity index (χ0) is 14.5. The van der Waals surface area contributed by atoms with Crippen LogP contribution in [0.2, 0.25) is 0 Å². The zero-order valence-electron chi connectivity index (χ0n) is 11.4. The molecule has 0 unspecified atom stereocenters. The first-order chi connectivity index (χ1) is 9.58. The van der Waals surface area contributed by atoms with Gasteiger partial charge in [-0.3, -0.25) is 9.48 Å². The molecule has 1 heterocycles. The number of hydrogen-bond acceptors (Lipinski definition) is 3. The summed E-state index contributed by atoms with van der Waals surface area (Å²) in [6.45, 7) is 2.60. The van der Waals surface area contributed by atoms with Crippen molar-refractivity contribution in [1.82, 2.24) is 15.1 Å². The minimum absolute atomic E-state index is 0.0807. The minimum Gasteiger partial charge on any atom is -0.497 e. The third kappa shape index (κ3) is 3.84. The Hall–Kier alpha value is -1.82. The predicted octanol–water partition coefficient (Wildman–Crippen LogP) is 2.28. The number of ether oxygens (including phenoxy) is 1. The summed E-state index contributed by atoms with van der Waals surface area (Å²) < 4.78 is 7.72. The van der Waals surface area contributed by atoms with Crippen LogP contribution >= 0.6 is 15.9 Å². The number of aryl methyl sites for hydroxylation is 1. The Balaban J connectivity index is 1.93. The number of hydrogen-bond donors (Lipinski definition) is 1. The fourth-order valence-corrected chi connectivity index (χ4v) is 2.15. The lowest BCUT2D eigenvalue weighted by atomic mass is 10.2. The highest BCUT2D eigenvalue weighted by Crippen LogP contribution is 2.22. The van der Waals surface area contributed by atoms with Gasteiger partial charge in [0.15, 0.2) is 0 Å². The number of benzene rings is 1. The van der Waals surface area contributed by atoms with Crippen molar-refractivity contribution in [3.63, 3.8) is 0 Å². The molecule has 1 aromatic carbocycles. The number of nitrogens with one attached hydrogen (secondary N) is 1. The monoisotopic (exact) mass is 337 g/mol. The van der Waals surface area contributed by atoms with Crippen LogP contribution in [-0.2, 0) is 17.9 Å². The maximum absolute atomic E-state index is 11.8. The van der Waals surface area contributed by atoms with E-state index in [0.29, 0.717) is 6.54 Å². The maximum Gasteiger partial charge on any atom is 0.241 e. The van der Waals surface area contributed by atoms with Gasteiger partial charge in [0.05, 0.1) is 13.3 Å². The van der Waals surface area contributed by atoms with Crippen LogP contribution in [0, 0.1) is 6.92 Å². The molecule has 1 N–H and O–H groups in total. The molecule has 0 aliphatic carbocycles. The van der Waals surface area contributed by atoms with Crippen LogP contribution in [0.1, 0.15) is 11.1 Å². The van der Waals surface area contributed by atoms with Crippen LogP contribution in [-0.4, -0.2) is 22.8 Å². The smallest absolute Gasteiger partial charge is 0.241 e. The Bertz CT molecular complexity index is 610. The number of carbonyl (C=O) groups excluding carboxylic acids is 1. The Kier molecular flexibility index (Phi) is 4.79. The van der Waals surface area contributed by atoms with E-state index in [4.69, 9.17) is 4.74 Å². The van der Waals surface area contributed by atoms with Gasteiger partial charge in [-0.25, -0.2) is 0 Å². The lowest BCUT2D eigenvalue weighted by Gasteiger charge is -2.09. The summed E-state index contributed by atoms with van der Waals surface area (Å²) in [7, 11) is 1.62. The molecule has 106 valence electrons. The maximum atomic E-state index is 11.8. The molecule has 2 aromatic rings. The van der Waals surface area contributed by atoms with Crippen LogP contribution in [0.4, 0.5) is 0 Å². The van der Waals surface area contributed by atoms with E-state index in [-0.39, 0.29) is 12.5 Å². The average molecular weight is 338 g/mol. The molecule has 0 fully saturated rings. The molecule has 0 saturated carbocycles. The van der Waals surface area contributed by atoms with E-state index in [1.54, 1.807) is 18.0 Å². The number of carbonyl (C=O) groups is 1. The number of nitrogens with zero attached hydrogens (tertiary/aromatic N) is 2. The molecule has 0 aliphatic rings. The molecule has 6 heteroatoms. The second kappa shape index (κ2) is 6.56. The first-order valence-corrected chi connectivity index (χ1v) is 6.96. The highest BCUT2D eigenvalue weighted by atomic mass is 79.9. The van der Waals surface area contributed by atoms with Gasteiger partial charge in [0, 0.05) is 17.2 Å². The van der Waals surface area contributed by atoms with Crippen LogP contribution < -0.4 is 10.1 Å². The van der Waals surface area contributed by atoms with Crippen LogP contribution in [0.15, 0.2) is 35.1 Å². The van der Waals surface area contributed by atoms with Crippen molar-refractivity contribution in [2.75, 3.05) is 7.11 Å². The van der Waals surface area contributed by atoms with E-state index in [0.717, 1.165) is 21.3 Å². The van der Waals surface area contributed by atoms with E-state index >= 15 is 0 Å². The van der Waals surface area contributed by atoms with Crippen molar-refractivity contribution in [3.8, 4) is 5.75 Å². The van der Waals surface area contributed by atoms with Crippen molar-refractivity contribution >= 4 is 21.8 Å². The van der Waals surface area contributed by atoms with Gasteiger partial charge in [-0.1, -0.05) is 15.9 Å². The lowest BCUT2D eigenvalue weighted by molar-refractivity contribution is -0.122. The molecule has 20 heavy (non-hydrogen) atoms. The summed E-state index contributed by atoms with van der Waals surface area (Å²) in [6.07, 6.45) is 3.56. The second-order valence-corrected chi connectivity index (χ2v) is 5.30. The van der Waals surface area contributed by atoms with Gasteiger partial charge in [0.1, 0.15) is 12.3 Å². The van der Waals surface area contributed by atoms with E-state index < -0.39 is 0 Å². The molecule has 0 aliphatic heterocycles. The van der Waals surface area contributed by atoms with Gasteiger partial charge in [0.2, 0.25) is 5.91 Å². The molecule has 0 bridgehead atoms. The predicted molar refractivity (Wildman–Crippen MR) is 79.5 cm³/mol. The number of rotatable bonds is 5. The first-order valence-electron chi connectivity index (χ1n) is 6.16. The lowest BCUT2D eigenvalue weighted by Crippen LogP contribution is -2.27. The molecule has 0 atom stereocenters. The Morgan fingerprint density at radius 1 is 1.50 bits per heavy atom. The van der Waals surface area contributed by atoms with Gasteiger partial charge < -0.3 is 10.1 Å². The molecule has 0 saturated heterocycles. The fraction of sp³-hybridized carbons (Fsp3) is 0.286. The van der Waals surface area contributed by atoms with Gasteiger partial charge in [-0.2, -0.15) is 5.10 Å². The van der Waals surface area contributed by atoms with Crippen LogP contribution in [0.5, 0.6) is 5.75 Å². The topological polar surface area (TPSA) is 56.1 Å². The Labute approximate surface area is 126 Å². The van der Waals surface area contributed by atoms with Crippen molar-refractivity contribution in [3.05, 3.63) is 46.2 Å². The van der Waals surface area contributed by atoms with Crippen molar-refractivity contribution in [2.24, 2.45) is 0 Å². The molecule has 0 spiro atoms. The van der Waals surface area contributed by atoms with Crippen molar-refractivity contribution in [2.45, 2.75) is 20.0 Å². The molecule has 5 nitrogen and oxygen atoms in total. The van der Waals surface area contributed by atoms with Crippen LogP contribution in [0.25, 0.3) is 0 Å². The minimum atomic E-state index is -0.0807. The highest BCUT2D eigenvalue weighted by molar-refractivity contribution is 9.10. The highest BCUT2D eigenvalue weighted by Gasteiger charge is 2.06. The van der Waals surface area contributed by atoms with Crippen molar-refractivity contribution < 1.29 is 9.53 Å². The summed E-state index contributed by atoms with van der Waals surface area (Å²) in [5, 5.41) is 6.95. The third-order valence-corrected chi connectivity index (χ3v) is 3.57. The number of halogens is 1. The zero-order valence-corrected chi connectivity index (χ0v) is 13.0. The van der Waals surface area contributed by atoms with Crippen molar-refractivity contribution in [1.29, 1.82) is 0 Å². The second-order valence-electron chi connectivity index (χ2n) is 4.45. The number of amides is 1. The quantitative estimate of drug-likeness (QED) is 0.910. The van der Waals surface area contributed by atoms with E-state index in [1.165, 1.54) is 0 Å². The SMILES string of the molecule is COc1ccc(Br)c(CNC(=O)Cn2cc(C)cn2)c1. The third-order valence-electron chi connectivity index (χ3n) is 2.80. The molecule has 1 amide bonds. The summed E-state index contributed by atoms with van der Waals surface area (Å²) >= 11 is 3.46. The molecular weight excluding hydrogens is 322 g/mol. The Morgan fingerprint density at radius 2 is 2.30 bits per heavy atom. The number of methoxy groups -OCH3 is 1. The molecule has 0 radical (unpaired) electrons. The molecule has 1 aromatic heterocycles. The standard InChI is InChI=1S/C14H16BrN3O2/c1-10-6-17-18(8-10)9-14(19)16-7-11-5-12(20-2)3-4-13(11)15/h3-6,8H,7,9H2,1-2H3,(H,16,19). The summed E-state index contributed by atoms with van der Waals surface area (Å²) in [6, 6.07) is 5.65. The fourth-order valence-electron chi connectivity index (χ4n) is 1.76. The van der Waals surface area contributed by atoms with E-state index in [2.05, 4.69) is 26.3 Å². The van der Waals surface area contributed by atoms with E-state index in [9.17, 15) is 4.79 Å². The summed E-state index contributed by atoms with van der Waals surface area (Å²) in [4.78, 5) is 11.8. The van der Waals surface area contributed by atoms with Crippen LogP contribution in [0.3, 0.4) is 0 Å². The summed E-state index contributed by atoms with van der Waals surface area (Å²) in [5.74, 6) is 0.683. The largest absolute Gasteiger partial charge is 0.497 e. The first kappa shape index (κ1) is 14.6. The molecule has 2 rings (SSSR count). The normalized spacial score (nSPS) is 10.3. The molecular formula is C14H16BrN3O2. The average Bonchev–Trinajstić information content (AvgIpc) is 2.83. The number of aromatic nitrogens is 2. The van der Waals surface area contributed by atoms with Gasteiger partial charge in [0.25, 0.3) is 0 Å². The van der Waals surface area contributed by atoms with E-state index in [1.807, 2.05) is 31.3 Å². The van der Waals surface area contributed by atoms with Gasteiger partial charge in [-0.05, 0) is 36.2 Å². The van der Waals surface area contributed by atoms with Gasteiger partial charge in [-0.15, -0.1) is 0 Å². The Morgan fingerprint density at radius 3 is 2.95 bits per heavy atom.